The zero-order valence-corrected chi connectivity index (χ0v) is 11.2. The lowest BCUT2D eigenvalue weighted by Crippen LogP contribution is -1.95. The van der Waals surface area contributed by atoms with Crippen molar-refractivity contribution in [2.24, 2.45) is 0 Å². The van der Waals surface area contributed by atoms with Gasteiger partial charge in [0.05, 0.1) is 5.56 Å². The number of aromatic carboxylic acids is 1. The monoisotopic (exact) mass is 292 g/mol. The molecule has 104 valence electrons. The van der Waals surface area contributed by atoms with Gasteiger partial charge in [0.1, 0.15) is 0 Å². The van der Waals surface area contributed by atoms with Crippen LogP contribution in [0.1, 0.15) is 20.7 Å². The van der Waals surface area contributed by atoms with Crippen LogP contribution in [-0.4, -0.2) is 16.3 Å². The Balaban J connectivity index is 0.000000200. The number of benzene rings is 2. The highest BCUT2D eigenvalue weighted by Gasteiger charge is 1.99. The molecule has 0 atom stereocenters. The van der Waals surface area contributed by atoms with Gasteiger partial charge in [-0.25, -0.2) is 4.79 Å². The summed E-state index contributed by atoms with van der Waals surface area (Å²) >= 11 is 5.18. The zero-order valence-electron chi connectivity index (χ0n) is 10.4. The molecule has 0 fully saturated rings. The van der Waals surface area contributed by atoms with Crippen LogP contribution < -0.4 is 11.5 Å². The maximum absolute atomic E-state index is 10.5. The number of carboxylic acids is 1. The average molecular weight is 293 g/mol. The van der Waals surface area contributed by atoms with Crippen molar-refractivity contribution in [2.75, 3.05) is 11.5 Å². The summed E-state index contributed by atoms with van der Waals surface area (Å²) < 4.78 is 0. The minimum atomic E-state index is -0.931. The van der Waals surface area contributed by atoms with Gasteiger partial charge < -0.3 is 16.6 Å². The van der Waals surface area contributed by atoms with E-state index in [-0.39, 0.29) is 5.56 Å². The van der Waals surface area contributed by atoms with E-state index < -0.39 is 11.2 Å². The van der Waals surface area contributed by atoms with Crippen molar-refractivity contribution in [1.29, 1.82) is 0 Å². The van der Waals surface area contributed by atoms with Gasteiger partial charge >= 0.3 is 5.97 Å². The molecule has 0 saturated carbocycles. The maximum Gasteiger partial charge on any atom is 0.335 e. The highest BCUT2D eigenvalue weighted by molar-refractivity contribution is 6.67. The smallest absolute Gasteiger partial charge is 0.335 e. The fraction of sp³-hybridized carbons (Fsp3) is 0. The largest absolute Gasteiger partial charge is 0.478 e. The van der Waals surface area contributed by atoms with Gasteiger partial charge in [0.15, 0.2) is 0 Å². The fourth-order valence-electron chi connectivity index (χ4n) is 1.24. The molecule has 6 heteroatoms. The summed E-state index contributed by atoms with van der Waals surface area (Å²) in [5, 5.41) is 7.98. The van der Waals surface area contributed by atoms with Crippen LogP contribution in [0.4, 0.5) is 11.4 Å². The van der Waals surface area contributed by atoms with Crippen molar-refractivity contribution >= 4 is 34.2 Å². The number of rotatable bonds is 2. The molecular formula is C14H13ClN2O3. The van der Waals surface area contributed by atoms with Crippen molar-refractivity contribution in [2.45, 2.75) is 0 Å². The molecule has 5 N–H and O–H groups in total. The number of anilines is 2. The highest BCUT2D eigenvalue weighted by atomic mass is 35.5. The Morgan fingerprint density at radius 3 is 1.45 bits per heavy atom. The predicted molar refractivity (Wildman–Crippen MR) is 78.9 cm³/mol. The molecule has 0 aliphatic heterocycles. The number of carbonyl (C=O) groups is 2. The molecule has 0 heterocycles. The lowest BCUT2D eigenvalue weighted by atomic mass is 10.2. The van der Waals surface area contributed by atoms with Crippen LogP contribution in [0, 0.1) is 0 Å². The number of carboxylic acid groups (broad SMARTS) is 1. The lowest BCUT2D eigenvalue weighted by molar-refractivity contribution is 0.0696. The summed E-state index contributed by atoms with van der Waals surface area (Å²) in [6, 6.07) is 12.5. The standard InChI is InChI=1S/C7H6ClNO.C7H7NO2/c8-7(10)5-1-3-6(9)4-2-5;8-6-3-1-5(2-4-6)7(9)10/h1-4H,9H2;1-4H,8H2,(H,9,10). The number of carbonyl (C=O) groups excluding carboxylic acids is 1. The summed E-state index contributed by atoms with van der Waals surface area (Å²) in [6.45, 7) is 0. The molecular weight excluding hydrogens is 280 g/mol. The Morgan fingerprint density at radius 1 is 0.800 bits per heavy atom. The summed E-state index contributed by atoms with van der Waals surface area (Å²) in [4.78, 5) is 20.8. The van der Waals surface area contributed by atoms with Crippen LogP contribution in [-0.2, 0) is 0 Å². The molecule has 2 aromatic carbocycles. The van der Waals surface area contributed by atoms with Crippen molar-refractivity contribution in [1.82, 2.24) is 0 Å². The molecule has 20 heavy (non-hydrogen) atoms. The summed E-state index contributed by atoms with van der Waals surface area (Å²) in [5.41, 5.74) is 12.6. The first kappa shape index (κ1) is 15.5. The molecule has 5 nitrogen and oxygen atoms in total. The SMILES string of the molecule is Nc1ccc(C(=O)Cl)cc1.Nc1ccc(C(=O)O)cc1. The Hall–Kier alpha value is -2.53. The van der Waals surface area contributed by atoms with Gasteiger partial charge in [-0.2, -0.15) is 0 Å². The van der Waals surface area contributed by atoms with E-state index in [4.69, 9.17) is 28.2 Å². The third-order valence-corrected chi connectivity index (χ3v) is 2.51. The van der Waals surface area contributed by atoms with Crippen molar-refractivity contribution in [3.8, 4) is 0 Å². The van der Waals surface area contributed by atoms with Gasteiger partial charge in [0.25, 0.3) is 5.24 Å². The summed E-state index contributed by atoms with van der Waals surface area (Å²) in [7, 11) is 0. The minimum absolute atomic E-state index is 0.259. The first-order valence-electron chi connectivity index (χ1n) is 5.54. The van der Waals surface area contributed by atoms with Crippen LogP contribution in [0.25, 0.3) is 0 Å². The van der Waals surface area contributed by atoms with Gasteiger partial charge in [0, 0.05) is 16.9 Å². The van der Waals surface area contributed by atoms with Gasteiger partial charge in [-0.3, -0.25) is 4.79 Å². The second kappa shape index (κ2) is 7.16. The van der Waals surface area contributed by atoms with E-state index in [0.29, 0.717) is 16.9 Å². The van der Waals surface area contributed by atoms with Crippen LogP contribution >= 0.6 is 11.6 Å². The third-order valence-electron chi connectivity index (χ3n) is 2.30. The van der Waals surface area contributed by atoms with Gasteiger partial charge in [-0.05, 0) is 60.1 Å². The molecule has 0 radical (unpaired) electrons. The van der Waals surface area contributed by atoms with E-state index >= 15 is 0 Å². The molecule has 2 aromatic rings. The van der Waals surface area contributed by atoms with E-state index in [1.165, 1.54) is 12.1 Å². The molecule has 0 aliphatic carbocycles. The molecule has 0 spiro atoms. The molecule has 0 aliphatic rings. The number of hydrogen-bond acceptors (Lipinski definition) is 4. The lowest BCUT2D eigenvalue weighted by Gasteiger charge is -1.93. The Kier molecular flexibility index (Phi) is 5.56. The van der Waals surface area contributed by atoms with Crippen molar-refractivity contribution in [3.63, 3.8) is 0 Å². The highest BCUT2D eigenvalue weighted by Crippen LogP contribution is 2.07. The predicted octanol–water partition coefficient (Wildman–Crippen LogP) is 2.61. The summed E-state index contributed by atoms with van der Waals surface area (Å²) in [5.74, 6) is -0.931. The van der Waals surface area contributed by atoms with Crippen molar-refractivity contribution < 1.29 is 14.7 Å². The zero-order chi connectivity index (χ0) is 15.1. The number of nitrogens with two attached hydrogens (primary N) is 2. The fourth-order valence-corrected chi connectivity index (χ4v) is 1.37. The van der Waals surface area contributed by atoms with Crippen LogP contribution in [0.2, 0.25) is 0 Å². The molecule has 0 aromatic heterocycles. The third kappa shape index (κ3) is 4.99. The second-order valence-corrected chi connectivity index (χ2v) is 4.17. The molecule has 2 rings (SSSR count). The van der Waals surface area contributed by atoms with E-state index in [9.17, 15) is 9.59 Å². The van der Waals surface area contributed by atoms with E-state index in [2.05, 4.69) is 0 Å². The summed E-state index contributed by atoms with van der Waals surface area (Å²) in [6.07, 6.45) is 0. The Bertz CT molecular complexity index is 539. The van der Waals surface area contributed by atoms with Gasteiger partial charge in [0.2, 0.25) is 0 Å². The van der Waals surface area contributed by atoms with Crippen LogP contribution in [0.5, 0.6) is 0 Å². The molecule has 0 amide bonds. The first-order valence-corrected chi connectivity index (χ1v) is 5.92. The van der Waals surface area contributed by atoms with Crippen LogP contribution in [0.15, 0.2) is 48.5 Å². The maximum atomic E-state index is 10.5. The van der Waals surface area contributed by atoms with E-state index in [0.717, 1.165) is 0 Å². The first-order chi connectivity index (χ1) is 9.40. The average Bonchev–Trinajstić information content (AvgIpc) is 2.40. The van der Waals surface area contributed by atoms with E-state index in [1.54, 1.807) is 36.4 Å². The Labute approximate surface area is 120 Å². The molecule has 0 saturated heterocycles. The van der Waals surface area contributed by atoms with Crippen molar-refractivity contribution in [3.05, 3.63) is 59.7 Å². The normalized spacial score (nSPS) is 9.25. The van der Waals surface area contributed by atoms with Gasteiger partial charge in [-0.15, -0.1) is 0 Å². The minimum Gasteiger partial charge on any atom is -0.478 e. The van der Waals surface area contributed by atoms with E-state index in [1.807, 2.05) is 0 Å². The Morgan fingerprint density at radius 2 is 1.15 bits per heavy atom. The van der Waals surface area contributed by atoms with Gasteiger partial charge in [-0.1, -0.05) is 0 Å². The second-order valence-electron chi connectivity index (χ2n) is 3.82. The molecule has 0 unspecified atom stereocenters. The topological polar surface area (TPSA) is 106 Å². The number of nitrogen functional groups attached to an aromatic ring is 2. The number of hydrogen-bond donors (Lipinski definition) is 3. The molecule has 0 bridgehead atoms. The quantitative estimate of drug-likeness (QED) is 0.582. The number of halogens is 1. The van der Waals surface area contributed by atoms with Crippen LogP contribution in [0.3, 0.4) is 0 Å².